The van der Waals surface area contributed by atoms with Gasteiger partial charge in [0.2, 0.25) is 5.82 Å². The van der Waals surface area contributed by atoms with Crippen molar-refractivity contribution in [3.05, 3.63) is 30.3 Å². The number of hydrogen-bond acceptors (Lipinski definition) is 4. The van der Waals surface area contributed by atoms with Crippen molar-refractivity contribution in [2.24, 2.45) is 0 Å². The van der Waals surface area contributed by atoms with Crippen molar-refractivity contribution in [1.29, 1.82) is 0 Å². The van der Waals surface area contributed by atoms with E-state index < -0.39 is 8.07 Å². The van der Waals surface area contributed by atoms with Crippen LogP contribution in [0.15, 0.2) is 30.3 Å². The van der Waals surface area contributed by atoms with Crippen LogP contribution in [0.4, 0.5) is 0 Å². The van der Waals surface area contributed by atoms with Crippen molar-refractivity contribution in [3.63, 3.8) is 0 Å². The van der Waals surface area contributed by atoms with Gasteiger partial charge >= 0.3 is 0 Å². The van der Waals surface area contributed by atoms with Gasteiger partial charge in [-0.25, -0.2) is 0 Å². The third kappa shape index (κ3) is 4.43. The van der Waals surface area contributed by atoms with E-state index in [0.29, 0.717) is 5.82 Å². The number of benzene rings is 1. The van der Waals surface area contributed by atoms with Gasteiger partial charge in [-0.1, -0.05) is 62.8 Å². The highest BCUT2D eigenvalue weighted by Gasteiger charge is 2.12. The fourth-order valence-corrected chi connectivity index (χ4v) is 2.33. The Hall–Kier alpha value is -2.13. The zero-order chi connectivity index (χ0) is 15.3. The first-order valence-electron chi connectivity index (χ1n) is 7.12. The molecule has 1 N–H and O–H groups in total. The Balaban J connectivity index is 2.20. The molecule has 0 aliphatic rings. The molecule has 110 valence electrons. The highest BCUT2D eigenvalue weighted by atomic mass is 28.3. The van der Waals surface area contributed by atoms with Gasteiger partial charge in [-0.3, -0.25) is 5.43 Å². The van der Waals surface area contributed by atoms with E-state index in [-0.39, 0.29) is 6.04 Å². The largest absolute Gasteiger partial charge is 0.291 e. The second-order valence-corrected chi connectivity index (χ2v) is 10.6. The van der Waals surface area contributed by atoms with Gasteiger partial charge in [-0.05, 0) is 16.8 Å². The summed E-state index contributed by atoms with van der Waals surface area (Å²) in [6.45, 7) is 8.81. The van der Waals surface area contributed by atoms with Gasteiger partial charge < -0.3 is 0 Å². The van der Waals surface area contributed by atoms with Gasteiger partial charge in [0.15, 0.2) is 0 Å². The average Bonchev–Trinajstić information content (AvgIpc) is 2.91. The molecule has 2 aromatic rings. The Bertz CT molecular complexity index is 633. The molecular weight excluding hydrogens is 278 g/mol. The van der Waals surface area contributed by atoms with E-state index in [9.17, 15) is 0 Å². The van der Waals surface area contributed by atoms with Crippen molar-refractivity contribution in [2.45, 2.75) is 39.0 Å². The Morgan fingerprint density at radius 2 is 1.95 bits per heavy atom. The van der Waals surface area contributed by atoms with E-state index in [0.717, 1.165) is 12.0 Å². The van der Waals surface area contributed by atoms with Crippen LogP contribution < -0.4 is 5.43 Å². The standard InChI is InChI=1S/C15H21N5Si/c1-5-14(11-12-21(2,3)4)17-20-15(16-18-19-20)13-9-7-6-8-10-13/h6-10,14,17H,5H2,1-4H3/t14-/m1/s1. The summed E-state index contributed by atoms with van der Waals surface area (Å²) in [5.41, 5.74) is 7.64. The highest BCUT2D eigenvalue weighted by Crippen LogP contribution is 2.13. The van der Waals surface area contributed by atoms with E-state index in [4.69, 9.17) is 0 Å². The number of tetrazole rings is 1. The van der Waals surface area contributed by atoms with Crippen molar-refractivity contribution in [1.82, 2.24) is 20.3 Å². The summed E-state index contributed by atoms with van der Waals surface area (Å²) in [6, 6.07) is 9.92. The topological polar surface area (TPSA) is 55.6 Å². The SMILES string of the molecule is CC[C@H](C#C[Si](C)(C)C)Nn1nnnc1-c1ccccc1. The highest BCUT2D eigenvalue weighted by molar-refractivity contribution is 6.83. The lowest BCUT2D eigenvalue weighted by atomic mass is 10.2. The molecule has 0 saturated carbocycles. The maximum absolute atomic E-state index is 4.08. The predicted octanol–water partition coefficient (Wildman–Crippen LogP) is 2.54. The van der Waals surface area contributed by atoms with Crippen molar-refractivity contribution in [2.75, 3.05) is 5.43 Å². The molecule has 5 nitrogen and oxygen atoms in total. The number of nitrogens with one attached hydrogen (secondary N) is 1. The summed E-state index contributed by atoms with van der Waals surface area (Å²) < 4.78 is 0. The number of nitrogens with zero attached hydrogens (tertiary/aromatic N) is 4. The Labute approximate surface area is 126 Å². The first-order valence-corrected chi connectivity index (χ1v) is 10.6. The molecule has 2 rings (SSSR count). The molecule has 0 amide bonds. The first kappa shape index (κ1) is 15.3. The van der Waals surface area contributed by atoms with Crippen LogP contribution in [0.2, 0.25) is 19.6 Å². The van der Waals surface area contributed by atoms with E-state index in [1.54, 1.807) is 4.79 Å². The van der Waals surface area contributed by atoms with Crippen LogP contribution in [-0.2, 0) is 0 Å². The molecule has 0 spiro atoms. The summed E-state index contributed by atoms with van der Waals surface area (Å²) in [7, 11) is -1.38. The van der Waals surface area contributed by atoms with Gasteiger partial charge in [0.1, 0.15) is 14.1 Å². The Morgan fingerprint density at radius 3 is 2.57 bits per heavy atom. The van der Waals surface area contributed by atoms with Crippen LogP contribution >= 0.6 is 0 Å². The van der Waals surface area contributed by atoms with Crippen molar-refractivity contribution >= 4 is 8.07 Å². The molecule has 0 saturated heterocycles. The molecular formula is C15H21N5Si. The van der Waals surface area contributed by atoms with Gasteiger partial charge in [0.25, 0.3) is 0 Å². The minimum Gasteiger partial charge on any atom is -0.291 e. The Morgan fingerprint density at radius 1 is 1.24 bits per heavy atom. The molecule has 1 aromatic carbocycles. The zero-order valence-corrected chi connectivity index (χ0v) is 14.0. The lowest BCUT2D eigenvalue weighted by Gasteiger charge is -2.14. The van der Waals surface area contributed by atoms with Gasteiger partial charge in [0.05, 0.1) is 0 Å². The fraction of sp³-hybridized carbons (Fsp3) is 0.400. The molecule has 6 heteroatoms. The van der Waals surface area contributed by atoms with Gasteiger partial charge in [-0.15, -0.1) is 15.4 Å². The molecule has 0 aliphatic heterocycles. The third-order valence-corrected chi connectivity index (χ3v) is 3.70. The molecule has 21 heavy (non-hydrogen) atoms. The van der Waals surface area contributed by atoms with Crippen molar-refractivity contribution < 1.29 is 0 Å². The Kier molecular flexibility index (Phi) is 4.76. The summed E-state index contributed by atoms with van der Waals surface area (Å²) in [4.78, 5) is 1.61. The molecule has 1 heterocycles. The maximum Gasteiger partial charge on any atom is 0.204 e. The van der Waals surface area contributed by atoms with Crippen LogP contribution in [0.5, 0.6) is 0 Å². The fourth-order valence-electron chi connectivity index (χ4n) is 1.72. The van der Waals surface area contributed by atoms with Gasteiger partial charge in [-0.2, -0.15) is 0 Å². The van der Waals surface area contributed by atoms with Crippen LogP contribution in [0.1, 0.15) is 13.3 Å². The lowest BCUT2D eigenvalue weighted by molar-refractivity contribution is 0.644. The molecule has 0 bridgehead atoms. The smallest absolute Gasteiger partial charge is 0.204 e. The predicted molar refractivity (Wildman–Crippen MR) is 87.8 cm³/mol. The molecule has 0 radical (unpaired) electrons. The maximum atomic E-state index is 4.08. The summed E-state index contributed by atoms with van der Waals surface area (Å²) in [5.74, 6) is 4.01. The third-order valence-electron chi connectivity index (χ3n) is 2.81. The number of aromatic nitrogens is 4. The average molecular weight is 299 g/mol. The first-order chi connectivity index (χ1) is 9.99. The molecule has 0 unspecified atom stereocenters. The summed E-state index contributed by atoms with van der Waals surface area (Å²) >= 11 is 0. The van der Waals surface area contributed by atoms with Crippen LogP contribution in [0, 0.1) is 11.5 Å². The lowest BCUT2D eigenvalue weighted by Crippen LogP contribution is -2.29. The quantitative estimate of drug-likeness (QED) is 0.696. The minimum absolute atomic E-state index is 0.0442. The van der Waals surface area contributed by atoms with Crippen LogP contribution in [0.25, 0.3) is 11.4 Å². The molecule has 0 fully saturated rings. The van der Waals surface area contributed by atoms with E-state index in [1.807, 2.05) is 30.3 Å². The minimum atomic E-state index is -1.38. The number of hydrogen-bond donors (Lipinski definition) is 1. The van der Waals surface area contributed by atoms with Crippen molar-refractivity contribution in [3.8, 4) is 22.9 Å². The zero-order valence-electron chi connectivity index (χ0n) is 13.0. The second kappa shape index (κ2) is 6.55. The molecule has 1 aromatic heterocycles. The van der Waals surface area contributed by atoms with E-state index >= 15 is 0 Å². The molecule has 1 atom stereocenters. The van der Waals surface area contributed by atoms with Gasteiger partial charge in [0, 0.05) is 5.56 Å². The molecule has 0 aliphatic carbocycles. The monoisotopic (exact) mass is 299 g/mol. The summed E-state index contributed by atoms with van der Waals surface area (Å²) in [5, 5.41) is 11.9. The second-order valence-electron chi connectivity index (χ2n) is 5.89. The number of rotatable bonds is 4. The van der Waals surface area contributed by atoms with E-state index in [2.05, 4.69) is 59.0 Å². The summed E-state index contributed by atoms with van der Waals surface area (Å²) in [6.07, 6.45) is 0.894. The van der Waals surface area contributed by atoms with Crippen LogP contribution in [0.3, 0.4) is 0 Å². The van der Waals surface area contributed by atoms with E-state index in [1.165, 1.54) is 0 Å². The normalized spacial score (nSPS) is 12.4. The van der Waals surface area contributed by atoms with Crippen LogP contribution in [-0.4, -0.2) is 34.4 Å².